The molecular formula is C24H30N6O. The van der Waals surface area contributed by atoms with Crippen molar-refractivity contribution in [3.05, 3.63) is 64.7 Å². The van der Waals surface area contributed by atoms with Crippen LogP contribution in [0.2, 0.25) is 0 Å². The topological polar surface area (TPSA) is 75.9 Å². The number of amides is 1. The highest BCUT2D eigenvalue weighted by Crippen LogP contribution is 2.22. The predicted molar refractivity (Wildman–Crippen MR) is 121 cm³/mol. The molecule has 3 aromatic rings. The van der Waals surface area contributed by atoms with Crippen LogP contribution in [0.25, 0.3) is 5.82 Å². The van der Waals surface area contributed by atoms with E-state index in [4.69, 9.17) is 5.10 Å². The van der Waals surface area contributed by atoms with Gasteiger partial charge in [0.15, 0.2) is 5.82 Å². The van der Waals surface area contributed by atoms with Crippen LogP contribution in [-0.2, 0) is 17.8 Å². The minimum absolute atomic E-state index is 0.0492. The number of anilines is 1. The molecule has 1 amide bonds. The highest BCUT2D eigenvalue weighted by atomic mass is 16.1. The van der Waals surface area contributed by atoms with Crippen LogP contribution in [0.3, 0.4) is 0 Å². The summed E-state index contributed by atoms with van der Waals surface area (Å²) in [4.78, 5) is 23.6. The molecule has 7 nitrogen and oxygen atoms in total. The Balaban J connectivity index is 1.42. The standard InChI is InChI=1S/C24H30N6O/c1-17-8-4-5-9-20(17)15-25-24(31)11-10-21-18(2)28-30(19(21)3)23-14-22(26-16-27-23)29-12-6-7-13-29/h4-5,8-9,14,16H,6-7,10-13,15H2,1-3H3,(H,25,31). The molecule has 1 fully saturated rings. The number of aromatic nitrogens is 4. The van der Waals surface area contributed by atoms with E-state index in [9.17, 15) is 4.79 Å². The van der Waals surface area contributed by atoms with Crippen molar-refractivity contribution in [1.82, 2.24) is 25.1 Å². The van der Waals surface area contributed by atoms with Gasteiger partial charge in [0.1, 0.15) is 12.1 Å². The summed E-state index contributed by atoms with van der Waals surface area (Å²) in [5.74, 6) is 1.77. The van der Waals surface area contributed by atoms with E-state index in [-0.39, 0.29) is 5.91 Å². The Kier molecular flexibility index (Phi) is 6.30. The van der Waals surface area contributed by atoms with E-state index in [1.165, 1.54) is 18.4 Å². The Morgan fingerprint density at radius 1 is 1.06 bits per heavy atom. The normalized spacial score (nSPS) is 13.6. The maximum atomic E-state index is 12.4. The van der Waals surface area contributed by atoms with Crippen LogP contribution in [0.4, 0.5) is 5.82 Å². The molecule has 4 rings (SSSR count). The van der Waals surface area contributed by atoms with E-state index >= 15 is 0 Å². The van der Waals surface area contributed by atoms with Crippen LogP contribution < -0.4 is 10.2 Å². The predicted octanol–water partition coefficient (Wildman–Crippen LogP) is 3.44. The van der Waals surface area contributed by atoms with Gasteiger partial charge in [0.25, 0.3) is 0 Å². The monoisotopic (exact) mass is 418 g/mol. The van der Waals surface area contributed by atoms with E-state index in [1.807, 2.05) is 42.8 Å². The number of benzene rings is 1. The summed E-state index contributed by atoms with van der Waals surface area (Å²) in [7, 11) is 0. The molecule has 7 heteroatoms. The molecule has 0 atom stereocenters. The summed E-state index contributed by atoms with van der Waals surface area (Å²) in [6, 6.07) is 10.1. The third kappa shape index (κ3) is 4.76. The lowest BCUT2D eigenvalue weighted by molar-refractivity contribution is -0.121. The molecule has 162 valence electrons. The van der Waals surface area contributed by atoms with E-state index in [2.05, 4.69) is 33.2 Å². The maximum Gasteiger partial charge on any atom is 0.220 e. The number of aryl methyl sites for hydroxylation is 2. The van der Waals surface area contributed by atoms with Gasteiger partial charge < -0.3 is 10.2 Å². The highest BCUT2D eigenvalue weighted by Gasteiger charge is 2.18. The summed E-state index contributed by atoms with van der Waals surface area (Å²) in [6.45, 7) is 8.73. The molecule has 0 bridgehead atoms. The molecule has 1 saturated heterocycles. The van der Waals surface area contributed by atoms with Crippen LogP contribution in [-0.4, -0.2) is 38.7 Å². The number of hydrogen-bond donors (Lipinski definition) is 1. The number of rotatable bonds is 7. The van der Waals surface area contributed by atoms with Crippen molar-refractivity contribution >= 4 is 11.7 Å². The van der Waals surface area contributed by atoms with Gasteiger partial charge in [-0.1, -0.05) is 24.3 Å². The number of carbonyl (C=O) groups is 1. The second-order valence-corrected chi connectivity index (χ2v) is 8.19. The molecule has 0 aliphatic carbocycles. The Morgan fingerprint density at radius 2 is 1.81 bits per heavy atom. The van der Waals surface area contributed by atoms with Crippen molar-refractivity contribution in [2.45, 2.75) is 53.0 Å². The van der Waals surface area contributed by atoms with E-state index < -0.39 is 0 Å². The number of carbonyl (C=O) groups excluding carboxylic acids is 1. The second kappa shape index (κ2) is 9.29. The van der Waals surface area contributed by atoms with Crippen molar-refractivity contribution in [2.24, 2.45) is 0 Å². The van der Waals surface area contributed by atoms with Crippen LogP contribution >= 0.6 is 0 Å². The molecule has 2 aromatic heterocycles. The van der Waals surface area contributed by atoms with Crippen LogP contribution in [0.15, 0.2) is 36.7 Å². The van der Waals surface area contributed by atoms with Crippen LogP contribution in [0, 0.1) is 20.8 Å². The van der Waals surface area contributed by atoms with Crippen molar-refractivity contribution in [3.63, 3.8) is 0 Å². The maximum absolute atomic E-state index is 12.4. The number of hydrogen-bond acceptors (Lipinski definition) is 5. The zero-order valence-electron chi connectivity index (χ0n) is 18.6. The molecule has 1 N–H and O–H groups in total. The third-order valence-electron chi connectivity index (χ3n) is 6.07. The number of nitrogens with one attached hydrogen (secondary N) is 1. The smallest absolute Gasteiger partial charge is 0.220 e. The van der Waals surface area contributed by atoms with Gasteiger partial charge in [-0.15, -0.1) is 0 Å². The molecule has 1 aromatic carbocycles. The highest BCUT2D eigenvalue weighted by molar-refractivity contribution is 5.76. The average molecular weight is 419 g/mol. The van der Waals surface area contributed by atoms with Crippen molar-refractivity contribution in [2.75, 3.05) is 18.0 Å². The van der Waals surface area contributed by atoms with Gasteiger partial charge in [0, 0.05) is 37.8 Å². The van der Waals surface area contributed by atoms with E-state index in [1.54, 1.807) is 6.33 Å². The van der Waals surface area contributed by atoms with Gasteiger partial charge >= 0.3 is 0 Å². The van der Waals surface area contributed by atoms with E-state index in [0.29, 0.717) is 19.4 Å². The first-order valence-electron chi connectivity index (χ1n) is 11.0. The molecule has 31 heavy (non-hydrogen) atoms. The molecule has 0 radical (unpaired) electrons. The van der Waals surface area contributed by atoms with Gasteiger partial charge in [-0.3, -0.25) is 4.79 Å². The Morgan fingerprint density at radius 3 is 2.58 bits per heavy atom. The van der Waals surface area contributed by atoms with Gasteiger partial charge in [-0.2, -0.15) is 5.10 Å². The summed E-state index contributed by atoms with van der Waals surface area (Å²) < 4.78 is 1.87. The van der Waals surface area contributed by atoms with Gasteiger partial charge in [0.05, 0.1) is 5.69 Å². The summed E-state index contributed by atoms with van der Waals surface area (Å²) in [6.07, 6.45) is 5.10. The Labute approximate surface area is 183 Å². The SMILES string of the molecule is Cc1ccccc1CNC(=O)CCc1c(C)nn(-c2cc(N3CCCC3)ncn2)c1C. The lowest BCUT2D eigenvalue weighted by atomic mass is 10.1. The zero-order chi connectivity index (χ0) is 21.8. The van der Waals surface area contributed by atoms with Crippen molar-refractivity contribution in [3.8, 4) is 5.82 Å². The molecule has 0 saturated carbocycles. The average Bonchev–Trinajstić information content (AvgIpc) is 3.41. The minimum Gasteiger partial charge on any atom is -0.356 e. The van der Waals surface area contributed by atoms with Crippen molar-refractivity contribution in [1.29, 1.82) is 0 Å². The first kappa shape index (κ1) is 21.0. The first-order valence-corrected chi connectivity index (χ1v) is 11.0. The fraction of sp³-hybridized carbons (Fsp3) is 0.417. The van der Waals surface area contributed by atoms with Crippen molar-refractivity contribution < 1.29 is 4.79 Å². The second-order valence-electron chi connectivity index (χ2n) is 8.19. The zero-order valence-corrected chi connectivity index (χ0v) is 18.6. The summed E-state index contributed by atoms with van der Waals surface area (Å²) in [5.41, 5.74) is 5.40. The third-order valence-corrected chi connectivity index (χ3v) is 6.07. The fourth-order valence-electron chi connectivity index (χ4n) is 4.16. The summed E-state index contributed by atoms with van der Waals surface area (Å²) >= 11 is 0. The van der Waals surface area contributed by atoms with Gasteiger partial charge in [-0.05, 0) is 56.7 Å². The molecule has 0 spiro atoms. The van der Waals surface area contributed by atoms with Crippen LogP contribution in [0.1, 0.15) is 47.3 Å². The Hall–Kier alpha value is -3.22. The van der Waals surface area contributed by atoms with Gasteiger partial charge in [-0.25, -0.2) is 14.6 Å². The largest absolute Gasteiger partial charge is 0.356 e. The lowest BCUT2D eigenvalue weighted by Gasteiger charge is -2.16. The number of nitrogens with zero attached hydrogens (tertiary/aromatic N) is 5. The summed E-state index contributed by atoms with van der Waals surface area (Å²) in [5, 5.41) is 7.74. The van der Waals surface area contributed by atoms with E-state index in [0.717, 1.165) is 47.2 Å². The minimum atomic E-state index is 0.0492. The molecule has 1 aliphatic rings. The molecular weight excluding hydrogens is 388 g/mol. The van der Waals surface area contributed by atoms with Crippen LogP contribution in [0.5, 0.6) is 0 Å². The van der Waals surface area contributed by atoms with Gasteiger partial charge in [0.2, 0.25) is 5.91 Å². The quantitative estimate of drug-likeness (QED) is 0.636. The lowest BCUT2D eigenvalue weighted by Crippen LogP contribution is -2.23. The fourth-order valence-corrected chi connectivity index (χ4v) is 4.16. The molecule has 3 heterocycles. The first-order chi connectivity index (χ1) is 15.0. The molecule has 0 unspecified atom stereocenters. The Bertz CT molecular complexity index is 1070. The molecule has 1 aliphatic heterocycles.